The van der Waals surface area contributed by atoms with Crippen molar-refractivity contribution in [1.82, 2.24) is 0 Å². The van der Waals surface area contributed by atoms with E-state index in [1.807, 2.05) is 25.1 Å². The van der Waals surface area contributed by atoms with Crippen molar-refractivity contribution in [1.29, 1.82) is 0 Å². The van der Waals surface area contributed by atoms with E-state index in [0.717, 1.165) is 23.5 Å². The van der Waals surface area contributed by atoms with Crippen molar-refractivity contribution < 1.29 is 14.6 Å². The number of benzene rings is 1. The van der Waals surface area contributed by atoms with Crippen molar-refractivity contribution >= 4 is 5.69 Å². The highest BCUT2D eigenvalue weighted by Gasteiger charge is 2.26. The van der Waals surface area contributed by atoms with Gasteiger partial charge in [0.1, 0.15) is 5.75 Å². The fourth-order valence-electron chi connectivity index (χ4n) is 2.54. The van der Waals surface area contributed by atoms with Crippen LogP contribution in [0, 0.1) is 0 Å². The van der Waals surface area contributed by atoms with Gasteiger partial charge in [-0.15, -0.1) is 0 Å². The smallest absolute Gasteiger partial charge is 0.125 e. The summed E-state index contributed by atoms with van der Waals surface area (Å²) in [7, 11) is 1.65. The molecule has 1 fully saturated rings. The molecule has 1 saturated heterocycles. The molecule has 1 unspecified atom stereocenters. The van der Waals surface area contributed by atoms with Gasteiger partial charge in [0.15, 0.2) is 0 Å². The Morgan fingerprint density at radius 2 is 2.37 bits per heavy atom. The van der Waals surface area contributed by atoms with Gasteiger partial charge in [0.05, 0.1) is 33.0 Å². The van der Waals surface area contributed by atoms with E-state index in [4.69, 9.17) is 15.2 Å². The summed E-state index contributed by atoms with van der Waals surface area (Å²) < 4.78 is 10.8. The van der Waals surface area contributed by atoms with Crippen LogP contribution in [0.25, 0.3) is 0 Å². The fraction of sp³-hybridized carbons (Fsp3) is 0.571. The first-order chi connectivity index (χ1) is 9.19. The Balaban J connectivity index is 2.42. The summed E-state index contributed by atoms with van der Waals surface area (Å²) in [5.41, 5.74) is 8.09. The first kappa shape index (κ1) is 14.1. The number of aliphatic hydroxyl groups is 1. The van der Waals surface area contributed by atoms with Crippen molar-refractivity contribution in [2.75, 3.05) is 38.4 Å². The van der Waals surface area contributed by atoms with E-state index in [9.17, 15) is 5.11 Å². The first-order valence-corrected chi connectivity index (χ1v) is 6.56. The van der Waals surface area contributed by atoms with Crippen molar-refractivity contribution in [2.45, 2.75) is 19.0 Å². The van der Waals surface area contributed by atoms with Crippen LogP contribution in [0.1, 0.15) is 18.5 Å². The summed E-state index contributed by atoms with van der Waals surface area (Å²) in [6.07, 6.45) is 0. The lowest BCUT2D eigenvalue weighted by Gasteiger charge is -2.38. The molecule has 5 nitrogen and oxygen atoms in total. The summed E-state index contributed by atoms with van der Waals surface area (Å²) in [6.45, 7) is 3.95. The van der Waals surface area contributed by atoms with Gasteiger partial charge in [-0.2, -0.15) is 0 Å². The molecule has 0 aromatic heterocycles. The number of nitrogens with two attached hydrogens (primary N) is 1. The predicted octanol–water partition coefficient (Wildman–Crippen LogP) is 0.912. The molecule has 1 aromatic rings. The molecule has 106 valence electrons. The summed E-state index contributed by atoms with van der Waals surface area (Å²) in [6, 6.07) is 5.72. The monoisotopic (exact) mass is 266 g/mol. The van der Waals surface area contributed by atoms with Crippen LogP contribution in [0.15, 0.2) is 18.2 Å². The Hall–Kier alpha value is -1.30. The van der Waals surface area contributed by atoms with E-state index in [1.54, 1.807) is 7.11 Å². The molecule has 0 radical (unpaired) electrons. The first-order valence-electron chi connectivity index (χ1n) is 6.56. The second-order valence-electron chi connectivity index (χ2n) is 4.79. The van der Waals surface area contributed by atoms with Crippen LogP contribution in [0.3, 0.4) is 0 Å². The lowest BCUT2D eigenvalue weighted by atomic mass is 10.0. The average molecular weight is 266 g/mol. The molecule has 1 aliphatic heterocycles. The van der Waals surface area contributed by atoms with Gasteiger partial charge in [-0.1, -0.05) is 6.07 Å². The molecule has 1 aromatic carbocycles. The summed E-state index contributed by atoms with van der Waals surface area (Å²) in [5.74, 6) is 0.788. The molecule has 19 heavy (non-hydrogen) atoms. The Kier molecular flexibility index (Phi) is 4.63. The van der Waals surface area contributed by atoms with Crippen LogP contribution in [-0.4, -0.2) is 44.6 Å². The molecule has 0 aliphatic carbocycles. The van der Waals surface area contributed by atoms with Crippen LogP contribution in [0.4, 0.5) is 5.69 Å². The van der Waals surface area contributed by atoms with E-state index in [1.165, 1.54) is 0 Å². The normalized spacial score (nSPS) is 21.3. The van der Waals surface area contributed by atoms with Gasteiger partial charge in [0.2, 0.25) is 0 Å². The molecule has 0 amide bonds. The van der Waals surface area contributed by atoms with Gasteiger partial charge >= 0.3 is 0 Å². The third-order valence-electron chi connectivity index (χ3n) is 3.47. The van der Waals surface area contributed by atoms with Crippen molar-refractivity contribution in [3.63, 3.8) is 0 Å². The van der Waals surface area contributed by atoms with Crippen LogP contribution in [-0.2, 0) is 4.74 Å². The molecule has 1 aliphatic rings. The highest BCUT2D eigenvalue weighted by molar-refractivity contribution is 5.61. The van der Waals surface area contributed by atoms with Crippen LogP contribution in [0.2, 0.25) is 0 Å². The molecule has 3 N–H and O–H groups in total. The van der Waals surface area contributed by atoms with Crippen molar-refractivity contribution in [3.05, 3.63) is 23.8 Å². The van der Waals surface area contributed by atoms with Gasteiger partial charge < -0.3 is 25.2 Å². The highest BCUT2D eigenvalue weighted by atomic mass is 16.5. The number of ether oxygens (including phenoxy) is 2. The zero-order chi connectivity index (χ0) is 13.8. The molecular weight excluding hydrogens is 244 g/mol. The van der Waals surface area contributed by atoms with E-state index < -0.39 is 0 Å². The molecule has 1 heterocycles. The molecule has 0 saturated carbocycles. The minimum Gasteiger partial charge on any atom is -0.496 e. The maximum Gasteiger partial charge on any atom is 0.125 e. The number of hydrogen-bond acceptors (Lipinski definition) is 5. The summed E-state index contributed by atoms with van der Waals surface area (Å²) in [4.78, 5) is 2.16. The number of anilines is 1. The minimum absolute atomic E-state index is 0.0293. The largest absolute Gasteiger partial charge is 0.496 e. The van der Waals surface area contributed by atoms with Gasteiger partial charge in [0.25, 0.3) is 0 Å². The van der Waals surface area contributed by atoms with Crippen LogP contribution >= 0.6 is 0 Å². The maximum absolute atomic E-state index is 9.49. The molecule has 0 bridgehead atoms. The Morgan fingerprint density at radius 3 is 3.00 bits per heavy atom. The van der Waals surface area contributed by atoms with Crippen molar-refractivity contribution in [2.24, 2.45) is 5.73 Å². The zero-order valence-electron chi connectivity index (χ0n) is 11.5. The molecule has 2 rings (SSSR count). The highest BCUT2D eigenvalue weighted by Crippen LogP contribution is 2.35. The van der Waals surface area contributed by atoms with Crippen LogP contribution < -0.4 is 15.4 Å². The van der Waals surface area contributed by atoms with E-state index in [2.05, 4.69) is 4.90 Å². The number of hydrogen-bond donors (Lipinski definition) is 2. The van der Waals surface area contributed by atoms with E-state index in [0.29, 0.717) is 13.2 Å². The number of morpholine rings is 1. The third-order valence-corrected chi connectivity index (χ3v) is 3.47. The Labute approximate surface area is 113 Å². The Morgan fingerprint density at radius 1 is 1.58 bits per heavy atom. The molecular formula is C14H22N2O3. The SMILES string of the molecule is COc1cccc(N2CCOCC2CO)c1[C@H](C)N. The van der Waals surface area contributed by atoms with Gasteiger partial charge in [-0.25, -0.2) is 0 Å². The topological polar surface area (TPSA) is 68.0 Å². The second kappa shape index (κ2) is 6.23. The number of rotatable bonds is 4. The Bertz CT molecular complexity index is 423. The number of methoxy groups -OCH3 is 1. The quantitative estimate of drug-likeness (QED) is 0.848. The maximum atomic E-state index is 9.49. The molecule has 0 spiro atoms. The second-order valence-corrected chi connectivity index (χ2v) is 4.79. The lowest BCUT2D eigenvalue weighted by Crippen LogP contribution is -2.48. The third kappa shape index (κ3) is 2.83. The molecule has 5 heteroatoms. The number of nitrogens with zero attached hydrogens (tertiary/aromatic N) is 1. The minimum atomic E-state index is -0.131. The van der Waals surface area contributed by atoms with Gasteiger partial charge in [0, 0.05) is 23.8 Å². The van der Waals surface area contributed by atoms with Gasteiger partial charge in [-0.3, -0.25) is 0 Å². The standard InChI is InChI=1S/C14H22N2O3/c1-10(15)14-12(4-3-5-13(14)18-2)16-6-7-19-9-11(16)8-17/h3-5,10-11,17H,6-9,15H2,1-2H3/t10-,11?/m0/s1. The van der Waals surface area contributed by atoms with Gasteiger partial charge in [-0.05, 0) is 19.1 Å². The number of aliphatic hydroxyl groups excluding tert-OH is 1. The summed E-state index contributed by atoms with van der Waals surface area (Å²) >= 11 is 0. The summed E-state index contributed by atoms with van der Waals surface area (Å²) in [5, 5.41) is 9.49. The molecule has 2 atom stereocenters. The van der Waals surface area contributed by atoms with Crippen molar-refractivity contribution in [3.8, 4) is 5.75 Å². The van der Waals surface area contributed by atoms with Crippen LogP contribution in [0.5, 0.6) is 5.75 Å². The predicted molar refractivity (Wildman–Crippen MR) is 74.6 cm³/mol. The fourth-order valence-corrected chi connectivity index (χ4v) is 2.54. The average Bonchev–Trinajstić information content (AvgIpc) is 2.46. The zero-order valence-corrected chi connectivity index (χ0v) is 11.5. The van der Waals surface area contributed by atoms with E-state index in [-0.39, 0.29) is 18.7 Å². The van der Waals surface area contributed by atoms with E-state index >= 15 is 0 Å². The lowest BCUT2D eigenvalue weighted by molar-refractivity contribution is 0.0725.